The molecule has 3 rings (SSSR count). The number of fused-ring (bicyclic) bond motifs is 1. The molecule has 28 heavy (non-hydrogen) atoms. The molecule has 1 aliphatic carbocycles. The molecule has 0 fully saturated rings. The van der Waals surface area contributed by atoms with Gasteiger partial charge in [0.1, 0.15) is 22.4 Å². The van der Waals surface area contributed by atoms with E-state index in [1.54, 1.807) is 31.4 Å². The number of anilines is 1. The number of ether oxygens (including phenoxy) is 1. The summed E-state index contributed by atoms with van der Waals surface area (Å²) >= 11 is 1.38. The fourth-order valence-corrected chi connectivity index (χ4v) is 4.70. The average Bonchev–Trinajstić information content (AvgIpc) is 3.03. The number of nitrogens with one attached hydrogen (secondary N) is 1. The number of amides is 2. The summed E-state index contributed by atoms with van der Waals surface area (Å²) in [7, 11) is 1.57. The van der Waals surface area contributed by atoms with Crippen molar-refractivity contribution in [3.8, 4) is 11.8 Å². The fourth-order valence-electron chi connectivity index (χ4n) is 3.29. The van der Waals surface area contributed by atoms with E-state index in [1.165, 1.54) is 17.4 Å². The average molecular weight is 395 g/mol. The topological polar surface area (TPSA) is 105 Å². The largest absolute Gasteiger partial charge is 0.497 e. The summed E-state index contributed by atoms with van der Waals surface area (Å²) in [5.41, 5.74) is 7.53. The van der Waals surface area contributed by atoms with Crippen LogP contribution >= 0.6 is 11.3 Å². The summed E-state index contributed by atoms with van der Waals surface area (Å²) in [6.07, 6.45) is 4.11. The van der Waals surface area contributed by atoms with E-state index in [1.807, 2.05) is 6.07 Å². The van der Waals surface area contributed by atoms with Gasteiger partial charge in [-0.15, -0.1) is 11.3 Å². The Hall–Kier alpha value is -3.11. The highest BCUT2D eigenvalue weighted by Gasteiger charge is 2.27. The highest BCUT2D eigenvalue weighted by Crippen LogP contribution is 2.39. The number of methoxy groups -OCH3 is 1. The summed E-state index contributed by atoms with van der Waals surface area (Å²) in [5, 5.41) is 12.6. The molecule has 0 saturated heterocycles. The molecule has 0 bridgehead atoms. The number of nitrogens with zero attached hydrogens (tertiary/aromatic N) is 1. The van der Waals surface area contributed by atoms with E-state index in [2.05, 4.69) is 12.2 Å². The second kappa shape index (κ2) is 8.28. The van der Waals surface area contributed by atoms with Crippen molar-refractivity contribution in [3.05, 3.63) is 51.4 Å². The molecule has 7 heteroatoms. The molecule has 6 nitrogen and oxygen atoms in total. The predicted octanol–water partition coefficient (Wildman–Crippen LogP) is 3.53. The SMILES string of the molecule is COc1ccc(C=C(C#N)C(=O)Nc2sc3c(c2C(N)=O)CCC(C)C3)cc1. The van der Waals surface area contributed by atoms with Crippen molar-refractivity contribution < 1.29 is 14.3 Å². The monoisotopic (exact) mass is 395 g/mol. The maximum atomic E-state index is 12.7. The second-order valence-electron chi connectivity index (χ2n) is 6.82. The number of carbonyl (C=O) groups is 2. The van der Waals surface area contributed by atoms with Crippen LogP contribution in [-0.4, -0.2) is 18.9 Å². The molecule has 1 aromatic carbocycles. The molecule has 0 radical (unpaired) electrons. The van der Waals surface area contributed by atoms with Crippen LogP contribution < -0.4 is 15.8 Å². The standard InChI is InChI=1S/C21H21N3O3S/c1-12-3-8-16-17(9-12)28-21(18(16)19(23)25)24-20(26)14(11-22)10-13-4-6-15(27-2)7-5-13/h4-7,10,12H,3,8-9H2,1-2H3,(H2,23,25)(H,24,26). The summed E-state index contributed by atoms with van der Waals surface area (Å²) in [6, 6.07) is 8.93. The molecular weight excluding hydrogens is 374 g/mol. The van der Waals surface area contributed by atoms with Crippen molar-refractivity contribution in [1.29, 1.82) is 5.26 Å². The highest BCUT2D eigenvalue weighted by molar-refractivity contribution is 7.17. The molecule has 2 aromatic rings. The summed E-state index contributed by atoms with van der Waals surface area (Å²) in [5.74, 6) is 0.0946. The van der Waals surface area contributed by atoms with E-state index in [9.17, 15) is 14.9 Å². The highest BCUT2D eigenvalue weighted by atomic mass is 32.1. The fraction of sp³-hybridized carbons (Fsp3) is 0.286. The number of rotatable bonds is 5. The number of hydrogen-bond acceptors (Lipinski definition) is 5. The van der Waals surface area contributed by atoms with Gasteiger partial charge in [-0.05, 0) is 54.5 Å². The molecule has 1 aliphatic rings. The van der Waals surface area contributed by atoms with Gasteiger partial charge in [-0.25, -0.2) is 0 Å². The van der Waals surface area contributed by atoms with Crippen LogP contribution in [0, 0.1) is 17.2 Å². The summed E-state index contributed by atoms with van der Waals surface area (Å²) in [6.45, 7) is 2.16. The lowest BCUT2D eigenvalue weighted by atomic mass is 9.88. The molecule has 0 spiro atoms. The molecule has 0 aliphatic heterocycles. The van der Waals surface area contributed by atoms with E-state index in [0.717, 1.165) is 29.7 Å². The maximum absolute atomic E-state index is 12.7. The van der Waals surface area contributed by atoms with Crippen LogP contribution in [0.3, 0.4) is 0 Å². The van der Waals surface area contributed by atoms with E-state index in [-0.39, 0.29) is 5.57 Å². The van der Waals surface area contributed by atoms with Gasteiger partial charge in [0, 0.05) is 4.88 Å². The van der Waals surface area contributed by atoms with Crippen molar-refractivity contribution in [2.75, 3.05) is 12.4 Å². The minimum absolute atomic E-state index is 0.0553. The Morgan fingerprint density at radius 2 is 2.07 bits per heavy atom. The number of nitrogens with two attached hydrogens (primary N) is 1. The van der Waals surface area contributed by atoms with Crippen LogP contribution in [0.4, 0.5) is 5.00 Å². The Balaban J connectivity index is 1.87. The van der Waals surface area contributed by atoms with E-state index in [0.29, 0.717) is 27.8 Å². The quantitative estimate of drug-likeness (QED) is 0.597. The number of hydrogen-bond donors (Lipinski definition) is 2. The van der Waals surface area contributed by atoms with Crippen molar-refractivity contribution >= 4 is 34.2 Å². The Bertz CT molecular complexity index is 984. The third kappa shape index (κ3) is 4.07. The molecular formula is C21H21N3O3S. The first-order valence-corrected chi connectivity index (χ1v) is 9.76. The zero-order valence-corrected chi connectivity index (χ0v) is 16.6. The Morgan fingerprint density at radius 1 is 1.36 bits per heavy atom. The van der Waals surface area contributed by atoms with Crippen LogP contribution in [-0.2, 0) is 17.6 Å². The lowest BCUT2D eigenvalue weighted by Gasteiger charge is -2.18. The minimum Gasteiger partial charge on any atom is -0.497 e. The van der Waals surface area contributed by atoms with Crippen LogP contribution in [0.15, 0.2) is 29.8 Å². The molecule has 1 unspecified atom stereocenters. The van der Waals surface area contributed by atoms with E-state index >= 15 is 0 Å². The lowest BCUT2D eigenvalue weighted by molar-refractivity contribution is -0.112. The van der Waals surface area contributed by atoms with Gasteiger partial charge in [0.15, 0.2) is 0 Å². The predicted molar refractivity (Wildman–Crippen MR) is 109 cm³/mol. The number of nitriles is 1. The van der Waals surface area contributed by atoms with Crippen LogP contribution in [0.25, 0.3) is 6.08 Å². The van der Waals surface area contributed by atoms with E-state index in [4.69, 9.17) is 10.5 Å². The van der Waals surface area contributed by atoms with E-state index < -0.39 is 11.8 Å². The van der Waals surface area contributed by atoms with Crippen molar-refractivity contribution in [2.24, 2.45) is 11.7 Å². The van der Waals surface area contributed by atoms with Gasteiger partial charge in [0.05, 0.1) is 12.7 Å². The molecule has 1 heterocycles. The van der Waals surface area contributed by atoms with Crippen molar-refractivity contribution in [2.45, 2.75) is 26.2 Å². The first-order valence-electron chi connectivity index (χ1n) is 8.94. The summed E-state index contributed by atoms with van der Waals surface area (Å²) < 4.78 is 5.10. The Kier molecular flexibility index (Phi) is 5.81. The zero-order valence-electron chi connectivity index (χ0n) is 15.7. The lowest BCUT2D eigenvalue weighted by Crippen LogP contribution is -2.19. The Labute approximate surface area is 167 Å². The number of primary amides is 1. The van der Waals surface area contributed by atoms with Gasteiger partial charge in [0.25, 0.3) is 11.8 Å². The van der Waals surface area contributed by atoms with Crippen LogP contribution in [0.5, 0.6) is 5.75 Å². The molecule has 1 aromatic heterocycles. The molecule has 2 amide bonds. The van der Waals surface area contributed by atoms with Gasteiger partial charge in [0.2, 0.25) is 0 Å². The third-order valence-corrected chi connectivity index (χ3v) is 5.95. The maximum Gasteiger partial charge on any atom is 0.266 e. The number of benzene rings is 1. The van der Waals surface area contributed by atoms with Gasteiger partial charge >= 0.3 is 0 Å². The van der Waals surface area contributed by atoms with Gasteiger partial charge < -0.3 is 15.8 Å². The van der Waals surface area contributed by atoms with Crippen molar-refractivity contribution in [1.82, 2.24) is 0 Å². The van der Waals surface area contributed by atoms with Crippen molar-refractivity contribution in [3.63, 3.8) is 0 Å². The van der Waals surface area contributed by atoms with Crippen LogP contribution in [0.1, 0.15) is 39.7 Å². The summed E-state index contributed by atoms with van der Waals surface area (Å²) in [4.78, 5) is 25.7. The third-order valence-electron chi connectivity index (χ3n) is 4.78. The van der Waals surface area contributed by atoms with Gasteiger partial charge in [-0.2, -0.15) is 5.26 Å². The molecule has 1 atom stereocenters. The molecule has 144 valence electrons. The normalized spacial score (nSPS) is 16.0. The first-order chi connectivity index (χ1) is 13.4. The van der Waals surface area contributed by atoms with Crippen LogP contribution in [0.2, 0.25) is 0 Å². The molecule has 3 N–H and O–H groups in total. The number of carbonyl (C=O) groups excluding carboxylic acids is 2. The molecule has 0 saturated carbocycles. The number of thiophene rings is 1. The Morgan fingerprint density at radius 3 is 2.68 bits per heavy atom. The van der Waals surface area contributed by atoms with Gasteiger partial charge in [-0.3, -0.25) is 9.59 Å². The van der Waals surface area contributed by atoms with Gasteiger partial charge in [-0.1, -0.05) is 19.1 Å². The second-order valence-corrected chi connectivity index (χ2v) is 7.92. The smallest absolute Gasteiger partial charge is 0.266 e. The minimum atomic E-state index is -0.563. The first kappa shape index (κ1) is 19.6. The zero-order chi connectivity index (χ0) is 20.3.